The Labute approximate surface area is 102 Å². The van der Waals surface area contributed by atoms with E-state index in [-0.39, 0.29) is 5.71 Å². The third kappa shape index (κ3) is 1.79. The van der Waals surface area contributed by atoms with Crippen LogP contribution in [0.4, 0.5) is 4.39 Å². The fraction of sp³-hybridized carbons (Fsp3) is 0.0769. The minimum absolute atomic E-state index is 0.195. The summed E-state index contributed by atoms with van der Waals surface area (Å²) >= 11 is 0. The largest absolute Gasteiger partial charge is 0.497 e. The number of aromatic nitrogens is 2. The highest BCUT2D eigenvalue weighted by Gasteiger charge is 2.09. The number of methoxy groups -OCH3 is 1. The monoisotopic (exact) mass is 244 g/mol. The summed E-state index contributed by atoms with van der Waals surface area (Å²) in [4.78, 5) is 7.88. The number of fused-ring (bicyclic) bond motifs is 1. The van der Waals surface area contributed by atoms with Crippen molar-refractivity contribution < 1.29 is 13.5 Å². The van der Waals surface area contributed by atoms with Crippen LogP contribution in [-0.4, -0.2) is 17.1 Å². The molecule has 0 radical (unpaired) electrons. The maximum absolute atomic E-state index is 12.9. The Morgan fingerprint density at radius 1 is 1.06 bits per heavy atom. The van der Waals surface area contributed by atoms with Crippen molar-refractivity contribution in [3.63, 3.8) is 0 Å². The molecule has 0 atom stereocenters. The summed E-state index contributed by atoms with van der Waals surface area (Å²) < 4.78 is 23.4. The number of halogens is 1. The van der Waals surface area contributed by atoms with Crippen molar-refractivity contribution in [2.24, 2.45) is 0 Å². The van der Waals surface area contributed by atoms with Gasteiger partial charge in [0, 0.05) is 5.56 Å². The zero-order valence-corrected chi connectivity index (χ0v) is 9.55. The number of nitrogens with zero attached hydrogens (tertiary/aromatic N) is 2. The summed E-state index contributed by atoms with van der Waals surface area (Å²) in [6, 6.07) is 10.0. The zero-order valence-electron chi connectivity index (χ0n) is 9.55. The van der Waals surface area contributed by atoms with Crippen LogP contribution in [0.25, 0.3) is 22.7 Å². The van der Waals surface area contributed by atoms with Crippen molar-refractivity contribution in [2.45, 2.75) is 0 Å². The van der Waals surface area contributed by atoms with Crippen LogP contribution in [0.2, 0.25) is 0 Å². The van der Waals surface area contributed by atoms with Gasteiger partial charge in [-0.3, -0.25) is 0 Å². The predicted molar refractivity (Wildman–Crippen MR) is 63.8 cm³/mol. The van der Waals surface area contributed by atoms with Crippen molar-refractivity contribution in [1.29, 1.82) is 0 Å². The van der Waals surface area contributed by atoms with E-state index in [2.05, 4.69) is 9.97 Å². The second-order valence-corrected chi connectivity index (χ2v) is 3.71. The molecular weight excluding hydrogens is 235 g/mol. The molecule has 3 aromatic rings. The minimum atomic E-state index is -0.583. The Hall–Kier alpha value is -2.43. The fourth-order valence-corrected chi connectivity index (χ4v) is 1.65. The molecule has 0 aliphatic carbocycles. The third-order valence-corrected chi connectivity index (χ3v) is 2.56. The molecule has 2 heterocycles. The van der Waals surface area contributed by atoms with Crippen LogP contribution < -0.4 is 4.74 Å². The van der Waals surface area contributed by atoms with Gasteiger partial charge in [-0.25, -0.2) is 4.98 Å². The molecule has 0 unspecified atom stereocenters. The maximum Gasteiger partial charge on any atom is 0.250 e. The van der Waals surface area contributed by atoms with Gasteiger partial charge in [0.25, 0.3) is 0 Å². The Bertz CT molecular complexity index is 692. The van der Waals surface area contributed by atoms with E-state index in [9.17, 15) is 4.39 Å². The lowest BCUT2D eigenvalue weighted by Crippen LogP contribution is -1.82. The van der Waals surface area contributed by atoms with Crippen molar-refractivity contribution in [1.82, 2.24) is 9.97 Å². The van der Waals surface area contributed by atoms with Gasteiger partial charge >= 0.3 is 0 Å². The van der Waals surface area contributed by atoms with Crippen molar-refractivity contribution >= 4 is 11.2 Å². The molecule has 90 valence electrons. The molecule has 0 bridgehead atoms. The Balaban J connectivity index is 2.07. The lowest BCUT2D eigenvalue weighted by molar-refractivity contribution is 0.415. The van der Waals surface area contributed by atoms with Gasteiger partial charge in [0.1, 0.15) is 11.3 Å². The quantitative estimate of drug-likeness (QED) is 0.650. The molecule has 18 heavy (non-hydrogen) atoms. The summed E-state index contributed by atoms with van der Waals surface area (Å²) in [5.74, 6) is 0.574. The van der Waals surface area contributed by atoms with Gasteiger partial charge in [-0.1, -0.05) is 0 Å². The molecule has 4 nitrogen and oxygen atoms in total. The molecular formula is C13H9FN2O2. The SMILES string of the molecule is COc1ccc(-c2nc3ccc(F)nc3o2)cc1. The summed E-state index contributed by atoms with van der Waals surface area (Å²) in [6.07, 6.45) is 0. The summed E-state index contributed by atoms with van der Waals surface area (Å²) in [5.41, 5.74) is 1.51. The first-order valence-electron chi connectivity index (χ1n) is 5.34. The van der Waals surface area contributed by atoms with Gasteiger partial charge in [-0.05, 0) is 36.4 Å². The summed E-state index contributed by atoms with van der Waals surface area (Å²) in [6.45, 7) is 0. The number of hydrogen-bond acceptors (Lipinski definition) is 4. The third-order valence-electron chi connectivity index (χ3n) is 2.56. The van der Waals surface area contributed by atoms with Crippen LogP contribution in [0.5, 0.6) is 5.75 Å². The van der Waals surface area contributed by atoms with Gasteiger partial charge in [0.05, 0.1) is 7.11 Å². The molecule has 0 fully saturated rings. The van der Waals surface area contributed by atoms with Crippen LogP contribution >= 0.6 is 0 Å². The molecule has 0 aliphatic heterocycles. The van der Waals surface area contributed by atoms with Gasteiger partial charge in [-0.15, -0.1) is 0 Å². The van der Waals surface area contributed by atoms with Crippen LogP contribution in [0.1, 0.15) is 0 Å². The molecule has 0 amide bonds. The maximum atomic E-state index is 12.9. The van der Waals surface area contributed by atoms with Crippen LogP contribution in [0.3, 0.4) is 0 Å². The number of oxazole rings is 1. The molecule has 0 saturated carbocycles. The lowest BCUT2D eigenvalue weighted by atomic mass is 10.2. The van der Waals surface area contributed by atoms with E-state index in [0.717, 1.165) is 11.3 Å². The van der Waals surface area contributed by atoms with Crippen molar-refractivity contribution in [3.8, 4) is 17.2 Å². The van der Waals surface area contributed by atoms with Gasteiger partial charge in [-0.2, -0.15) is 9.37 Å². The average Bonchev–Trinajstić information content (AvgIpc) is 2.81. The number of ether oxygens (including phenoxy) is 1. The zero-order chi connectivity index (χ0) is 12.5. The molecule has 0 N–H and O–H groups in total. The van der Waals surface area contributed by atoms with Gasteiger partial charge in [0.2, 0.25) is 17.6 Å². The lowest BCUT2D eigenvalue weighted by Gasteiger charge is -1.99. The smallest absolute Gasteiger partial charge is 0.250 e. The van der Waals surface area contributed by atoms with Crippen LogP contribution in [0, 0.1) is 5.95 Å². The van der Waals surface area contributed by atoms with E-state index in [1.807, 2.05) is 12.1 Å². The second-order valence-electron chi connectivity index (χ2n) is 3.71. The van der Waals surface area contributed by atoms with E-state index in [0.29, 0.717) is 11.4 Å². The number of rotatable bonds is 2. The highest BCUT2D eigenvalue weighted by molar-refractivity contribution is 5.72. The molecule has 3 rings (SSSR count). The number of pyridine rings is 1. The van der Waals surface area contributed by atoms with E-state index < -0.39 is 5.95 Å². The first-order valence-corrected chi connectivity index (χ1v) is 5.34. The van der Waals surface area contributed by atoms with E-state index >= 15 is 0 Å². The fourth-order valence-electron chi connectivity index (χ4n) is 1.65. The second kappa shape index (κ2) is 4.10. The number of benzene rings is 1. The summed E-state index contributed by atoms with van der Waals surface area (Å²) in [5, 5.41) is 0. The molecule has 0 saturated heterocycles. The molecule has 0 spiro atoms. The topological polar surface area (TPSA) is 48.2 Å². The molecule has 1 aromatic carbocycles. The Morgan fingerprint density at radius 2 is 1.83 bits per heavy atom. The van der Waals surface area contributed by atoms with Crippen LogP contribution in [-0.2, 0) is 0 Å². The normalized spacial score (nSPS) is 10.8. The van der Waals surface area contributed by atoms with E-state index in [4.69, 9.17) is 9.15 Å². The predicted octanol–water partition coefficient (Wildman–Crippen LogP) is 3.04. The van der Waals surface area contributed by atoms with Crippen LogP contribution in [0.15, 0.2) is 40.8 Å². The Kier molecular flexibility index (Phi) is 2.44. The molecule has 5 heteroatoms. The minimum Gasteiger partial charge on any atom is -0.497 e. The van der Waals surface area contributed by atoms with Crippen molar-refractivity contribution in [2.75, 3.05) is 7.11 Å². The van der Waals surface area contributed by atoms with Gasteiger partial charge < -0.3 is 9.15 Å². The average molecular weight is 244 g/mol. The van der Waals surface area contributed by atoms with Gasteiger partial charge in [0.15, 0.2) is 0 Å². The van der Waals surface area contributed by atoms with Crippen molar-refractivity contribution in [3.05, 3.63) is 42.3 Å². The van der Waals surface area contributed by atoms with E-state index in [1.165, 1.54) is 12.1 Å². The molecule has 2 aromatic heterocycles. The Morgan fingerprint density at radius 3 is 2.56 bits per heavy atom. The highest BCUT2D eigenvalue weighted by atomic mass is 19.1. The molecule has 0 aliphatic rings. The highest BCUT2D eigenvalue weighted by Crippen LogP contribution is 2.24. The van der Waals surface area contributed by atoms with E-state index in [1.54, 1.807) is 19.2 Å². The first kappa shape index (κ1) is 10.7. The summed E-state index contributed by atoms with van der Waals surface area (Å²) in [7, 11) is 1.60. The number of hydrogen-bond donors (Lipinski definition) is 0. The standard InChI is InChI=1S/C13H9FN2O2/c1-17-9-4-2-8(3-5-9)12-15-10-6-7-11(14)16-13(10)18-12/h2-7H,1H3. The first-order chi connectivity index (χ1) is 8.76.